The number of halogens is 2. The zero-order chi connectivity index (χ0) is 16.3. The molecule has 2 aromatic carbocycles. The molecule has 22 heavy (non-hydrogen) atoms. The molecular weight excluding hydrogens is 327 g/mol. The van der Waals surface area contributed by atoms with Crippen LogP contribution in [0.1, 0.15) is 5.56 Å². The highest BCUT2D eigenvalue weighted by molar-refractivity contribution is 6.46. The summed E-state index contributed by atoms with van der Waals surface area (Å²) in [6.07, 6.45) is 0. The number of phenols is 1. The minimum Gasteiger partial charge on any atom is -0.506 e. The Bertz CT molecular complexity index is 727. The van der Waals surface area contributed by atoms with Crippen LogP contribution in [0.2, 0.25) is 10.0 Å². The lowest BCUT2D eigenvalue weighted by molar-refractivity contribution is -0.133. The van der Waals surface area contributed by atoms with Crippen molar-refractivity contribution in [1.82, 2.24) is 0 Å². The molecule has 2 amide bonds. The highest BCUT2D eigenvalue weighted by atomic mass is 35.5. The van der Waals surface area contributed by atoms with Crippen molar-refractivity contribution in [3.8, 4) is 5.75 Å². The molecule has 0 bridgehead atoms. The smallest absolute Gasteiger partial charge is 0.314 e. The number of anilines is 2. The molecule has 0 unspecified atom stereocenters. The van der Waals surface area contributed by atoms with Gasteiger partial charge >= 0.3 is 11.8 Å². The van der Waals surface area contributed by atoms with Gasteiger partial charge in [0.05, 0.1) is 21.4 Å². The quantitative estimate of drug-likeness (QED) is 0.578. The monoisotopic (exact) mass is 338 g/mol. The summed E-state index contributed by atoms with van der Waals surface area (Å²) in [7, 11) is 0. The number of rotatable bonds is 2. The molecule has 0 spiro atoms. The number of phenolic OH excluding ortho intramolecular Hbond substituents is 1. The Hall–Kier alpha value is -2.24. The average molecular weight is 339 g/mol. The predicted molar refractivity (Wildman–Crippen MR) is 86.6 cm³/mol. The van der Waals surface area contributed by atoms with Gasteiger partial charge < -0.3 is 15.7 Å². The van der Waals surface area contributed by atoms with Crippen LogP contribution in [-0.4, -0.2) is 16.9 Å². The van der Waals surface area contributed by atoms with E-state index in [4.69, 9.17) is 23.2 Å². The number of aromatic hydroxyl groups is 1. The first kappa shape index (κ1) is 16.1. The van der Waals surface area contributed by atoms with E-state index in [1.54, 1.807) is 25.1 Å². The van der Waals surface area contributed by atoms with Gasteiger partial charge in [-0.1, -0.05) is 35.3 Å². The van der Waals surface area contributed by atoms with Crippen LogP contribution in [0.25, 0.3) is 0 Å². The van der Waals surface area contributed by atoms with E-state index in [1.165, 1.54) is 18.2 Å². The summed E-state index contributed by atoms with van der Waals surface area (Å²) in [6, 6.07) is 9.33. The van der Waals surface area contributed by atoms with Gasteiger partial charge in [0.1, 0.15) is 5.75 Å². The van der Waals surface area contributed by atoms with Crippen LogP contribution in [-0.2, 0) is 9.59 Å². The average Bonchev–Trinajstić information content (AvgIpc) is 2.46. The maximum atomic E-state index is 11.9. The van der Waals surface area contributed by atoms with Gasteiger partial charge in [-0.25, -0.2) is 0 Å². The molecule has 0 aliphatic rings. The molecule has 0 saturated carbocycles. The zero-order valence-electron chi connectivity index (χ0n) is 11.5. The van der Waals surface area contributed by atoms with Crippen LogP contribution >= 0.6 is 23.2 Å². The number of hydrogen-bond donors (Lipinski definition) is 3. The molecule has 0 saturated heterocycles. The van der Waals surface area contributed by atoms with E-state index in [2.05, 4.69) is 10.6 Å². The molecule has 0 radical (unpaired) electrons. The minimum absolute atomic E-state index is 0.137. The molecule has 5 nitrogen and oxygen atoms in total. The van der Waals surface area contributed by atoms with Crippen LogP contribution in [0.3, 0.4) is 0 Å². The summed E-state index contributed by atoms with van der Waals surface area (Å²) < 4.78 is 0. The van der Waals surface area contributed by atoms with Crippen LogP contribution in [0.5, 0.6) is 5.75 Å². The molecule has 0 atom stereocenters. The fraction of sp³-hybridized carbons (Fsp3) is 0.0667. The van der Waals surface area contributed by atoms with Crippen molar-refractivity contribution >= 4 is 46.4 Å². The third-order valence-electron chi connectivity index (χ3n) is 2.81. The van der Waals surface area contributed by atoms with Crippen LogP contribution < -0.4 is 10.6 Å². The first-order valence-corrected chi connectivity index (χ1v) is 7.00. The molecule has 7 heteroatoms. The summed E-state index contributed by atoms with van der Waals surface area (Å²) in [5, 5.41) is 14.7. The summed E-state index contributed by atoms with van der Waals surface area (Å²) in [5.41, 5.74) is 1.12. The maximum Gasteiger partial charge on any atom is 0.314 e. The van der Waals surface area contributed by atoms with Gasteiger partial charge in [0.2, 0.25) is 0 Å². The number of para-hydroxylation sites is 1. The number of benzene rings is 2. The Morgan fingerprint density at radius 3 is 2.23 bits per heavy atom. The van der Waals surface area contributed by atoms with E-state index in [-0.39, 0.29) is 27.2 Å². The second kappa shape index (κ2) is 6.68. The summed E-state index contributed by atoms with van der Waals surface area (Å²) >= 11 is 11.8. The first-order valence-electron chi connectivity index (χ1n) is 6.24. The van der Waals surface area contributed by atoms with Crippen molar-refractivity contribution < 1.29 is 14.7 Å². The normalized spacial score (nSPS) is 10.1. The molecule has 2 rings (SSSR count). The highest BCUT2D eigenvalue weighted by Crippen LogP contribution is 2.30. The molecule has 0 fully saturated rings. The Labute approximate surface area is 136 Å². The van der Waals surface area contributed by atoms with Crippen molar-refractivity contribution in [1.29, 1.82) is 0 Å². The van der Waals surface area contributed by atoms with E-state index >= 15 is 0 Å². The molecule has 0 aromatic heterocycles. The topological polar surface area (TPSA) is 78.4 Å². The molecule has 2 aromatic rings. The van der Waals surface area contributed by atoms with Gasteiger partial charge in [-0.2, -0.15) is 0 Å². The number of amides is 2. The van der Waals surface area contributed by atoms with Gasteiger partial charge in [-0.15, -0.1) is 0 Å². The molecule has 0 aliphatic carbocycles. The SMILES string of the molecule is Cc1ccc(O)c(NC(=O)C(=O)Nc2c(Cl)cccc2Cl)c1. The van der Waals surface area contributed by atoms with E-state index in [1.807, 2.05) is 0 Å². The van der Waals surface area contributed by atoms with Crippen LogP contribution in [0.4, 0.5) is 11.4 Å². The molecule has 3 N–H and O–H groups in total. The first-order chi connectivity index (χ1) is 10.4. The van der Waals surface area contributed by atoms with E-state index in [0.29, 0.717) is 0 Å². The lowest BCUT2D eigenvalue weighted by Gasteiger charge is -2.10. The van der Waals surface area contributed by atoms with E-state index in [0.717, 1.165) is 5.56 Å². The van der Waals surface area contributed by atoms with E-state index < -0.39 is 11.8 Å². The van der Waals surface area contributed by atoms with Crippen molar-refractivity contribution in [2.24, 2.45) is 0 Å². The highest BCUT2D eigenvalue weighted by Gasteiger charge is 2.18. The van der Waals surface area contributed by atoms with Crippen molar-refractivity contribution in [3.63, 3.8) is 0 Å². The number of aryl methyl sites for hydroxylation is 1. The maximum absolute atomic E-state index is 11.9. The third kappa shape index (κ3) is 3.69. The molecular formula is C15H12Cl2N2O3. The summed E-state index contributed by atoms with van der Waals surface area (Å²) in [5.74, 6) is -2.03. The molecule has 0 aliphatic heterocycles. The fourth-order valence-corrected chi connectivity index (χ4v) is 2.21. The summed E-state index contributed by atoms with van der Waals surface area (Å²) in [4.78, 5) is 23.8. The van der Waals surface area contributed by atoms with Crippen LogP contribution in [0, 0.1) is 6.92 Å². The predicted octanol–water partition coefficient (Wildman–Crippen LogP) is 3.58. The van der Waals surface area contributed by atoms with Gasteiger partial charge in [0.25, 0.3) is 0 Å². The lowest BCUT2D eigenvalue weighted by atomic mass is 10.2. The van der Waals surface area contributed by atoms with Crippen molar-refractivity contribution in [3.05, 3.63) is 52.0 Å². The van der Waals surface area contributed by atoms with Gasteiger partial charge in [0, 0.05) is 0 Å². The lowest BCUT2D eigenvalue weighted by Crippen LogP contribution is -2.29. The second-order valence-corrected chi connectivity index (χ2v) is 5.34. The van der Waals surface area contributed by atoms with Crippen molar-refractivity contribution in [2.75, 3.05) is 10.6 Å². The van der Waals surface area contributed by atoms with Gasteiger partial charge in [0.15, 0.2) is 0 Å². The summed E-state index contributed by atoms with van der Waals surface area (Å²) in [6.45, 7) is 1.79. The largest absolute Gasteiger partial charge is 0.506 e. The third-order valence-corrected chi connectivity index (χ3v) is 3.44. The van der Waals surface area contributed by atoms with Gasteiger partial charge in [-0.3, -0.25) is 9.59 Å². The fourth-order valence-electron chi connectivity index (χ4n) is 1.72. The van der Waals surface area contributed by atoms with Crippen LogP contribution in [0.15, 0.2) is 36.4 Å². The zero-order valence-corrected chi connectivity index (χ0v) is 13.0. The molecule has 0 heterocycles. The van der Waals surface area contributed by atoms with Gasteiger partial charge in [-0.05, 0) is 36.8 Å². The number of carbonyl (C=O) groups is 2. The minimum atomic E-state index is -0.948. The van der Waals surface area contributed by atoms with E-state index in [9.17, 15) is 14.7 Å². The standard InChI is InChI=1S/C15H12Cl2N2O3/c1-8-5-6-12(20)11(7-8)18-14(21)15(22)19-13-9(16)3-2-4-10(13)17/h2-7,20H,1H3,(H,18,21)(H,19,22). The Morgan fingerprint density at radius 1 is 1.00 bits per heavy atom. The Balaban J connectivity index is 2.13. The van der Waals surface area contributed by atoms with Crippen molar-refractivity contribution in [2.45, 2.75) is 6.92 Å². The number of hydrogen-bond acceptors (Lipinski definition) is 3. The number of nitrogens with one attached hydrogen (secondary N) is 2. The second-order valence-electron chi connectivity index (χ2n) is 4.53. The number of carbonyl (C=O) groups excluding carboxylic acids is 2. The Morgan fingerprint density at radius 2 is 1.59 bits per heavy atom. The molecule has 114 valence electrons. The Kier molecular flexibility index (Phi) is 4.90.